The molecule has 0 aromatic heterocycles. The lowest BCUT2D eigenvalue weighted by Crippen LogP contribution is -2.33. The van der Waals surface area contributed by atoms with Crippen molar-refractivity contribution in [3.8, 4) is 0 Å². The average molecular weight is 248 g/mol. The van der Waals surface area contributed by atoms with E-state index in [4.69, 9.17) is 4.74 Å². The highest BCUT2D eigenvalue weighted by Crippen LogP contribution is 2.28. The van der Waals surface area contributed by atoms with Gasteiger partial charge in [0.05, 0.1) is 5.75 Å². The number of hydrogen-bond donors (Lipinski definition) is 1. The SMILES string of the molecule is COCCCS(=O)(=O)N1CC2CNCC2C1. The van der Waals surface area contributed by atoms with Gasteiger partial charge in [0.25, 0.3) is 0 Å². The maximum Gasteiger partial charge on any atom is 0.214 e. The van der Waals surface area contributed by atoms with E-state index in [1.165, 1.54) is 0 Å². The van der Waals surface area contributed by atoms with Crippen LogP contribution in [0.2, 0.25) is 0 Å². The third-order valence-electron chi connectivity index (χ3n) is 3.50. The van der Waals surface area contributed by atoms with Crippen LogP contribution >= 0.6 is 0 Å². The van der Waals surface area contributed by atoms with Crippen molar-refractivity contribution in [3.63, 3.8) is 0 Å². The summed E-state index contributed by atoms with van der Waals surface area (Å²) in [7, 11) is -1.45. The molecule has 2 atom stereocenters. The maximum absolute atomic E-state index is 12.0. The Morgan fingerprint density at radius 1 is 1.31 bits per heavy atom. The lowest BCUT2D eigenvalue weighted by atomic mass is 10.0. The zero-order valence-corrected chi connectivity index (χ0v) is 10.5. The van der Waals surface area contributed by atoms with Crippen LogP contribution in [0.1, 0.15) is 6.42 Å². The Labute approximate surface area is 97.2 Å². The minimum Gasteiger partial charge on any atom is -0.385 e. The van der Waals surface area contributed by atoms with E-state index in [-0.39, 0.29) is 5.75 Å². The van der Waals surface area contributed by atoms with Crippen LogP contribution in [0.5, 0.6) is 0 Å². The molecular weight excluding hydrogens is 228 g/mol. The van der Waals surface area contributed by atoms with Gasteiger partial charge in [-0.05, 0) is 31.3 Å². The van der Waals surface area contributed by atoms with Gasteiger partial charge in [0.2, 0.25) is 10.0 Å². The molecule has 2 aliphatic heterocycles. The Morgan fingerprint density at radius 2 is 1.94 bits per heavy atom. The maximum atomic E-state index is 12.0. The standard InChI is InChI=1S/C10H20N2O3S/c1-15-3-2-4-16(13,14)12-7-9-5-11-6-10(9)8-12/h9-11H,2-8H2,1H3. The van der Waals surface area contributed by atoms with E-state index < -0.39 is 10.0 Å². The number of rotatable bonds is 5. The van der Waals surface area contributed by atoms with E-state index in [1.54, 1.807) is 11.4 Å². The first-order valence-corrected chi connectivity index (χ1v) is 7.42. The summed E-state index contributed by atoms with van der Waals surface area (Å²) in [5.41, 5.74) is 0. The van der Waals surface area contributed by atoms with Crippen LogP contribution < -0.4 is 5.32 Å². The van der Waals surface area contributed by atoms with Crippen molar-refractivity contribution in [3.05, 3.63) is 0 Å². The Morgan fingerprint density at radius 3 is 2.50 bits per heavy atom. The smallest absolute Gasteiger partial charge is 0.214 e. The topological polar surface area (TPSA) is 58.6 Å². The Balaban J connectivity index is 1.88. The second-order valence-electron chi connectivity index (χ2n) is 4.66. The molecule has 94 valence electrons. The van der Waals surface area contributed by atoms with Gasteiger partial charge in [-0.15, -0.1) is 0 Å². The molecule has 0 aromatic rings. The molecule has 0 aliphatic carbocycles. The fourth-order valence-electron chi connectivity index (χ4n) is 2.55. The van der Waals surface area contributed by atoms with E-state index in [9.17, 15) is 8.42 Å². The summed E-state index contributed by atoms with van der Waals surface area (Å²) in [6, 6.07) is 0. The molecule has 0 saturated carbocycles. The normalized spacial score (nSPS) is 30.8. The van der Waals surface area contributed by atoms with Crippen molar-refractivity contribution in [2.75, 3.05) is 45.6 Å². The van der Waals surface area contributed by atoms with Crippen molar-refractivity contribution in [2.45, 2.75) is 6.42 Å². The molecule has 0 bridgehead atoms. The molecule has 6 heteroatoms. The monoisotopic (exact) mass is 248 g/mol. The number of hydrogen-bond acceptors (Lipinski definition) is 4. The third kappa shape index (κ3) is 2.56. The summed E-state index contributed by atoms with van der Waals surface area (Å²) in [5.74, 6) is 1.27. The molecule has 16 heavy (non-hydrogen) atoms. The quantitative estimate of drug-likeness (QED) is 0.667. The lowest BCUT2D eigenvalue weighted by Gasteiger charge is -2.17. The summed E-state index contributed by atoms with van der Waals surface area (Å²) < 4.78 is 30.5. The van der Waals surface area contributed by atoms with Crippen molar-refractivity contribution < 1.29 is 13.2 Å². The largest absolute Gasteiger partial charge is 0.385 e. The van der Waals surface area contributed by atoms with Gasteiger partial charge < -0.3 is 10.1 Å². The molecule has 2 aliphatic rings. The molecular formula is C10H20N2O3S. The molecule has 0 amide bonds. The van der Waals surface area contributed by atoms with Gasteiger partial charge in [-0.25, -0.2) is 12.7 Å². The Hall–Kier alpha value is -0.170. The molecule has 5 nitrogen and oxygen atoms in total. The Bertz CT molecular complexity index is 319. The first-order valence-electron chi connectivity index (χ1n) is 5.81. The van der Waals surface area contributed by atoms with Crippen LogP contribution in [0.15, 0.2) is 0 Å². The van der Waals surface area contributed by atoms with Gasteiger partial charge in [-0.3, -0.25) is 0 Å². The third-order valence-corrected chi connectivity index (χ3v) is 5.39. The molecule has 0 radical (unpaired) electrons. The second-order valence-corrected chi connectivity index (χ2v) is 6.75. The van der Waals surface area contributed by atoms with E-state index in [0.717, 1.165) is 13.1 Å². The first-order chi connectivity index (χ1) is 7.63. The van der Waals surface area contributed by atoms with E-state index in [2.05, 4.69) is 5.32 Å². The van der Waals surface area contributed by atoms with Crippen LogP contribution in [0.4, 0.5) is 0 Å². The fourth-order valence-corrected chi connectivity index (χ4v) is 4.13. The number of sulfonamides is 1. The average Bonchev–Trinajstić information content (AvgIpc) is 2.76. The van der Waals surface area contributed by atoms with Crippen LogP contribution in [-0.4, -0.2) is 58.4 Å². The molecule has 2 heterocycles. The fraction of sp³-hybridized carbons (Fsp3) is 1.00. The number of methoxy groups -OCH3 is 1. The number of nitrogens with zero attached hydrogens (tertiary/aromatic N) is 1. The van der Waals surface area contributed by atoms with Gasteiger partial charge in [0.15, 0.2) is 0 Å². The number of ether oxygens (including phenoxy) is 1. The van der Waals surface area contributed by atoms with Gasteiger partial charge >= 0.3 is 0 Å². The molecule has 2 saturated heterocycles. The molecule has 2 unspecified atom stereocenters. The van der Waals surface area contributed by atoms with Crippen LogP contribution in [0, 0.1) is 11.8 Å². The van der Waals surface area contributed by atoms with Crippen molar-refractivity contribution in [1.82, 2.24) is 9.62 Å². The van der Waals surface area contributed by atoms with Crippen molar-refractivity contribution >= 4 is 10.0 Å². The minimum absolute atomic E-state index is 0.216. The predicted octanol–water partition coefficient (Wildman–Crippen LogP) is -0.496. The highest BCUT2D eigenvalue weighted by Gasteiger charge is 2.40. The van der Waals surface area contributed by atoms with E-state index >= 15 is 0 Å². The zero-order valence-electron chi connectivity index (χ0n) is 9.68. The summed E-state index contributed by atoms with van der Waals surface area (Å²) in [6.07, 6.45) is 0.586. The van der Waals surface area contributed by atoms with E-state index in [1.807, 2.05) is 0 Å². The highest BCUT2D eigenvalue weighted by molar-refractivity contribution is 7.89. The number of fused-ring (bicyclic) bond motifs is 1. The van der Waals surface area contributed by atoms with Crippen LogP contribution in [0.3, 0.4) is 0 Å². The van der Waals surface area contributed by atoms with Gasteiger partial charge in [0, 0.05) is 26.8 Å². The van der Waals surface area contributed by atoms with Gasteiger partial charge in [0.1, 0.15) is 0 Å². The van der Waals surface area contributed by atoms with Crippen LogP contribution in [-0.2, 0) is 14.8 Å². The van der Waals surface area contributed by atoms with Crippen molar-refractivity contribution in [2.24, 2.45) is 11.8 Å². The van der Waals surface area contributed by atoms with E-state index in [0.29, 0.717) is 38.0 Å². The van der Waals surface area contributed by atoms with Gasteiger partial charge in [-0.1, -0.05) is 0 Å². The summed E-state index contributed by atoms with van der Waals surface area (Å²) in [5, 5.41) is 3.31. The minimum atomic E-state index is -3.05. The summed E-state index contributed by atoms with van der Waals surface area (Å²) in [4.78, 5) is 0. The molecule has 1 N–H and O–H groups in total. The molecule has 0 spiro atoms. The molecule has 2 fully saturated rings. The number of nitrogens with one attached hydrogen (secondary N) is 1. The predicted molar refractivity (Wildman–Crippen MR) is 61.7 cm³/mol. The molecule has 0 aromatic carbocycles. The molecule has 2 rings (SSSR count). The van der Waals surface area contributed by atoms with Gasteiger partial charge in [-0.2, -0.15) is 0 Å². The first kappa shape index (κ1) is 12.3. The lowest BCUT2D eigenvalue weighted by molar-refractivity contribution is 0.199. The summed E-state index contributed by atoms with van der Waals surface area (Å²) in [6.45, 7) is 3.85. The Kier molecular flexibility index (Phi) is 3.84. The zero-order chi connectivity index (χ0) is 11.6. The summed E-state index contributed by atoms with van der Waals surface area (Å²) >= 11 is 0. The van der Waals surface area contributed by atoms with Crippen LogP contribution in [0.25, 0.3) is 0 Å². The highest BCUT2D eigenvalue weighted by atomic mass is 32.2. The second kappa shape index (κ2) is 5.00. The van der Waals surface area contributed by atoms with Crippen molar-refractivity contribution in [1.29, 1.82) is 0 Å².